The summed E-state index contributed by atoms with van der Waals surface area (Å²) < 4.78 is 12.1. The second-order valence-electron chi connectivity index (χ2n) is 7.48. The van der Waals surface area contributed by atoms with Crippen LogP contribution in [0.5, 0.6) is 0 Å². The number of hydrogen-bond acceptors (Lipinski definition) is 6. The highest BCUT2D eigenvalue weighted by molar-refractivity contribution is 5.91. The number of ether oxygens (including phenoxy) is 1. The molecule has 0 radical (unpaired) electrons. The van der Waals surface area contributed by atoms with Crippen LogP contribution in [0, 0.1) is 13.8 Å². The normalized spacial score (nSPS) is 15.8. The molecule has 162 valence electrons. The van der Waals surface area contributed by atoms with Crippen molar-refractivity contribution in [1.29, 1.82) is 0 Å². The molecule has 3 heterocycles. The number of anilines is 1. The third-order valence-corrected chi connectivity index (χ3v) is 5.34. The van der Waals surface area contributed by atoms with E-state index in [1.54, 1.807) is 23.4 Å². The van der Waals surface area contributed by atoms with Gasteiger partial charge in [-0.1, -0.05) is 11.2 Å². The maximum absolute atomic E-state index is 13.0. The first-order chi connectivity index (χ1) is 15.0. The van der Waals surface area contributed by atoms with Gasteiger partial charge in [-0.05, 0) is 51.8 Å². The SMILES string of the molecule is CCOC(=O)c1cnn(-c2cccc(NC(=O)N3CCCC3c3cc(C)no3)c2)c1C. The van der Waals surface area contributed by atoms with Gasteiger partial charge in [-0.2, -0.15) is 5.10 Å². The Kier molecular flexibility index (Phi) is 5.75. The maximum Gasteiger partial charge on any atom is 0.341 e. The molecule has 1 aromatic carbocycles. The van der Waals surface area contributed by atoms with E-state index in [0.29, 0.717) is 35.9 Å². The van der Waals surface area contributed by atoms with Crippen molar-refractivity contribution in [2.75, 3.05) is 18.5 Å². The third-order valence-electron chi connectivity index (χ3n) is 5.34. The van der Waals surface area contributed by atoms with Crippen molar-refractivity contribution < 1.29 is 18.8 Å². The Morgan fingerprint density at radius 1 is 1.29 bits per heavy atom. The molecule has 1 N–H and O–H groups in total. The van der Waals surface area contributed by atoms with Crippen LogP contribution in [-0.4, -0.2) is 45.0 Å². The predicted octanol–water partition coefficient (Wildman–Crippen LogP) is 4.02. The summed E-state index contributed by atoms with van der Waals surface area (Å²) >= 11 is 0. The average molecular weight is 423 g/mol. The number of carbonyl (C=O) groups is 2. The zero-order chi connectivity index (χ0) is 22.0. The van der Waals surface area contributed by atoms with E-state index in [9.17, 15) is 9.59 Å². The van der Waals surface area contributed by atoms with Crippen LogP contribution in [0.15, 0.2) is 41.1 Å². The highest BCUT2D eigenvalue weighted by atomic mass is 16.5. The molecule has 0 saturated carbocycles. The maximum atomic E-state index is 13.0. The molecular weight excluding hydrogens is 398 g/mol. The molecule has 4 rings (SSSR count). The van der Waals surface area contributed by atoms with Crippen LogP contribution in [0.1, 0.15) is 53.3 Å². The van der Waals surface area contributed by atoms with Crippen molar-refractivity contribution in [2.45, 2.75) is 39.7 Å². The summed E-state index contributed by atoms with van der Waals surface area (Å²) in [7, 11) is 0. The molecule has 1 unspecified atom stereocenters. The zero-order valence-corrected chi connectivity index (χ0v) is 17.8. The molecule has 0 spiro atoms. The van der Waals surface area contributed by atoms with Crippen molar-refractivity contribution in [1.82, 2.24) is 19.8 Å². The first-order valence-electron chi connectivity index (χ1n) is 10.3. The number of carbonyl (C=O) groups excluding carboxylic acids is 2. The lowest BCUT2D eigenvalue weighted by molar-refractivity contribution is 0.0525. The summed E-state index contributed by atoms with van der Waals surface area (Å²) in [5, 5.41) is 11.2. The molecule has 31 heavy (non-hydrogen) atoms. The summed E-state index contributed by atoms with van der Waals surface area (Å²) in [4.78, 5) is 26.8. The Hall–Kier alpha value is -3.62. The van der Waals surface area contributed by atoms with Crippen molar-refractivity contribution in [3.63, 3.8) is 0 Å². The lowest BCUT2D eigenvalue weighted by atomic mass is 10.1. The Morgan fingerprint density at radius 2 is 2.13 bits per heavy atom. The minimum absolute atomic E-state index is 0.120. The van der Waals surface area contributed by atoms with Gasteiger partial charge in [0.25, 0.3) is 0 Å². The number of amides is 2. The van der Waals surface area contributed by atoms with Crippen LogP contribution >= 0.6 is 0 Å². The molecule has 9 heteroatoms. The molecular formula is C22H25N5O4. The number of likely N-dealkylation sites (tertiary alicyclic amines) is 1. The molecule has 1 saturated heterocycles. The van der Waals surface area contributed by atoms with Crippen molar-refractivity contribution >= 4 is 17.7 Å². The molecule has 0 aliphatic carbocycles. The summed E-state index contributed by atoms with van der Waals surface area (Å²) in [6.45, 7) is 6.38. The number of benzene rings is 1. The number of nitrogens with one attached hydrogen (secondary N) is 1. The fourth-order valence-corrected chi connectivity index (χ4v) is 3.84. The molecule has 2 amide bonds. The number of esters is 1. The summed E-state index contributed by atoms with van der Waals surface area (Å²) in [5.74, 6) is 0.302. The van der Waals surface area contributed by atoms with Crippen LogP contribution in [0.25, 0.3) is 5.69 Å². The Bertz CT molecular complexity index is 1100. The molecule has 1 aliphatic rings. The van der Waals surface area contributed by atoms with Crippen LogP contribution in [0.4, 0.5) is 10.5 Å². The largest absolute Gasteiger partial charge is 0.462 e. The van der Waals surface area contributed by atoms with Gasteiger partial charge in [0.1, 0.15) is 5.56 Å². The molecule has 1 atom stereocenters. The predicted molar refractivity (Wildman–Crippen MR) is 113 cm³/mol. The average Bonchev–Trinajstić information content (AvgIpc) is 3.47. The number of rotatable bonds is 5. The monoisotopic (exact) mass is 423 g/mol. The van der Waals surface area contributed by atoms with E-state index in [2.05, 4.69) is 15.6 Å². The highest BCUT2D eigenvalue weighted by Crippen LogP contribution is 2.32. The standard InChI is InChI=1S/C22H25N5O4/c1-4-30-21(28)18-13-23-27(15(18)3)17-8-5-7-16(12-17)24-22(29)26-10-6-9-19(26)20-11-14(2)25-31-20/h5,7-8,11-13,19H,4,6,9-10H2,1-3H3,(H,24,29). The minimum atomic E-state index is -0.404. The lowest BCUT2D eigenvalue weighted by Crippen LogP contribution is -2.34. The first kappa shape index (κ1) is 20.6. The second kappa shape index (κ2) is 8.63. The fraction of sp³-hybridized carbons (Fsp3) is 0.364. The quantitative estimate of drug-likeness (QED) is 0.622. The van der Waals surface area contributed by atoms with Crippen LogP contribution in [0.3, 0.4) is 0 Å². The van der Waals surface area contributed by atoms with Gasteiger partial charge in [-0.25, -0.2) is 14.3 Å². The van der Waals surface area contributed by atoms with Crippen molar-refractivity contribution in [3.8, 4) is 5.69 Å². The second-order valence-corrected chi connectivity index (χ2v) is 7.48. The number of aromatic nitrogens is 3. The van der Waals surface area contributed by atoms with E-state index in [4.69, 9.17) is 9.26 Å². The van der Waals surface area contributed by atoms with Crippen molar-refractivity contribution in [2.24, 2.45) is 0 Å². The van der Waals surface area contributed by atoms with Gasteiger partial charge >= 0.3 is 12.0 Å². The Morgan fingerprint density at radius 3 is 2.87 bits per heavy atom. The first-order valence-corrected chi connectivity index (χ1v) is 10.3. The van der Waals surface area contributed by atoms with E-state index < -0.39 is 5.97 Å². The number of aryl methyl sites for hydroxylation is 1. The van der Waals surface area contributed by atoms with Gasteiger partial charge in [0.05, 0.1) is 35.9 Å². The molecule has 1 aliphatic heterocycles. The van der Waals surface area contributed by atoms with E-state index in [1.165, 1.54) is 6.20 Å². The topological polar surface area (TPSA) is 102 Å². The van der Waals surface area contributed by atoms with Gasteiger partial charge in [-0.15, -0.1) is 0 Å². The van der Waals surface area contributed by atoms with Crippen LogP contribution < -0.4 is 5.32 Å². The molecule has 9 nitrogen and oxygen atoms in total. The summed E-state index contributed by atoms with van der Waals surface area (Å²) in [5.41, 5.74) is 3.25. The lowest BCUT2D eigenvalue weighted by Gasteiger charge is -2.23. The molecule has 0 bridgehead atoms. The number of hydrogen-bond donors (Lipinski definition) is 1. The van der Waals surface area contributed by atoms with Gasteiger partial charge in [0, 0.05) is 18.3 Å². The van der Waals surface area contributed by atoms with E-state index in [1.807, 2.05) is 37.3 Å². The third kappa shape index (κ3) is 4.16. The Labute approximate surface area is 180 Å². The highest BCUT2D eigenvalue weighted by Gasteiger charge is 2.32. The zero-order valence-electron chi connectivity index (χ0n) is 17.8. The van der Waals surface area contributed by atoms with Crippen molar-refractivity contribution in [3.05, 3.63) is 59.2 Å². The van der Waals surface area contributed by atoms with Gasteiger partial charge in [-0.3, -0.25) is 0 Å². The van der Waals surface area contributed by atoms with E-state index in [0.717, 1.165) is 24.2 Å². The minimum Gasteiger partial charge on any atom is -0.462 e. The number of nitrogens with zero attached hydrogens (tertiary/aromatic N) is 4. The van der Waals surface area contributed by atoms with Crippen LogP contribution in [0.2, 0.25) is 0 Å². The van der Waals surface area contributed by atoms with Gasteiger partial charge < -0.3 is 19.5 Å². The smallest absolute Gasteiger partial charge is 0.341 e. The van der Waals surface area contributed by atoms with E-state index in [-0.39, 0.29) is 12.1 Å². The van der Waals surface area contributed by atoms with Crippen LogP contribution in [-0.2, 0) is 4.74 Å². The fourth-order valence-electron chi connectivity index (χ4n) is 3.84. The van der Waals surface area contributed by atoms with E-state index >= 15 is 0 Å². The number of urea groups is 1. The van der Waals surface area contributed by atoms with Gasteiger partial charge in [0.2, 0.25) is 0 Å². The molecule has 1 fully saturated rings. The summed E-state index contributed by atoms with van der Waals surface area (Å²) in [6.07, 6.45) is 3.24. The molecule has 2 aromatic heterocycles. The Balaban J connectivity index is 1.51. The molecule has 3 aromatic rings. The van der Waals surface area contributed by atoms with Gasteiger partial charge in [0.15, 0.2) is 5.76 Å². The summed E-state index contributed by atoms with van der Waals surface area (Å²) in [6, 6.07) is 8.88.